The summed E-state index contributed by atoms with van der Waals surface area (Å²) in [6, 6.07) is 99.0. The summed E-state index contributed by atoms with van der Waals surface area (Å²) in [5, 5.41) is 2.46. The summed E-state index contributed by atoms with van der Waals surface area (Å²) in [7, 11) is 0. The minimum atomic E-state index is -0.503. The van der Waals surface area contributed by atoms with Crippen molar-refractivity contribution >= 4 is 27.8 Å². The van der Waals surface area contributed by atoms with Gasteiger partial charge in [-0.1, -0.05) is 243 Å². The van der Waals surface area contributed by atoms with Gasteiger partial charge in [-0.3, -0.25) is 0 Å². The molecule has 0 heterocycles. The van der Waals surface area contributed by atoms with Crippen LogP contribution in [0.1, 0.15) is 45.9 Å². The van der Waals surface area contributed by atoms with Gasteiger partial charge in [-0.25, -0.2) is 0 Å². The molecule has 68 heavy (non-hydrogen) atoms. The van der Waals surface area contributed by atoms with Gasteiger partial charge in [0.2, 0.25) is 0 Å². The molecular weight excluding hydrogens is 819 g/mol. The highest BCUT2D eigenvalue weighted by molar-refractivity contribution is 6.09. The van der Waals surface area contributed by atoms with E-state index in [2.05, 4.69) is 279 Å². The van der Waals surface area contributed by atoms with Crippen LogP contribution in [-0.4, -0.2) is 0 Å². The second-order valence-corrected chi connectivity index (χ2v) is 18.4. The van der Waals surface area contributed by atoms with E-state index in [1.54, 1.807) is 0 Å². The van der Waals surface area contributed by atoms with Crippen molar-refractivity contribution in [2.24, 2.45) is 0 Å². The number of benzene rings is 11. The topological polar surface area (TPSA) is 3.24 Å². The van der Waals surface area contributed by atoms with Crippen LogP contribution >= 0.6 is 0 Å². The van der Waals surface area contributed by atoms with E-state index in [-0.39, 0.29) is 5.41 Å². The van der Waals surface area contributed by atoms with Gasteiger partial charge in [-0.05, 0) is 114 Å². The van der Waals surface area contributed by atoms with Crippen molar-refractivity contribution in [1.29, 1.82) is 0 Å². The highest BCUT2D eigenvalue weighted by Gasteiger charge is 2.46. The van der Waals surface area contributed by atoms with E-state index in [1.165, 1.54) is 94.2 Å². The molecular formula is C67H47N. The molecule has 0 bridgehead atoms. The molecule has 0 saturated heterocycles. The fourth-order valence-corrected chi connectivity index (χ4v) is 12.1. The smallest absolute Gasteiger partial charge is 0.0713 e. The van der Waals surface area contributed by atoms with Gasteiger partial charge in [0.25, 0.3) is 0 Å². The Balaban J connectivity index is 1.08. The summed E-state index contributed by atoms with van der Waals surface area (Å²) >= 11 is 0. The maximum Gasteiger partial charge on any atom is 0.0713 e. The van der Waals surface area contributed by atoms with Crippen molar-refractivity contribution in [2.75, 3.05) is 4.90 Å². The lowest BCUT2D eigenvalue weighted by molar-refractivity contribution is 0.714. The van der Waals surface area contributed by atoms with E-state index < -0.39 is 5.41 Å². The third kappa shape index (κ3) is 5.82. The standard InChI is InChI=1S/C67H47N/c1-66(48-26-7-3-8-27-48)58-36-15-13-33-57(58)65-61(66)39-21-41-63(65)68(62-40-18-14-32-55(62)56-35-20-25-47-24-19-34-52(64(47)56)46-22-5-2-6-23-46)51-44-42-50(43-45-51)67(49-28-9-4-10-29-49)59-37-16-11-30-53(59)54-31-12-17-38-60(54)67/h2-45H,1H3. The summed E-state index contributed by atoms with van der Waals surface area (Å²) in [5.74, 6) is 0. The third-order valence-electron chi connectivity index (χ3n) is 15.1. The monoisotopic (exact) mass is 865 g/mol. The first-order chi connectivity index (χ1) is 33.7. The Hall–Kier alpha value is -8.52. The van der Waals surface area contributed by atoms with Crippen molar-refractivity contribution in [3.63, 3.8) is 0 Å². The average molecular weight is 866 g/mol. The molecule has 13 rings (SSSR count). The molecule has 0 radical (unpaired) electrons. The number of rotatable bonds is 8. The Kier molecular flexibility index (Phi) is 9.27. The first-order valence-corrected chi connectivity index (χ1v) is 23.8. The normalized spacial score (nSPS) is 15.0. The minimum Gasteiger partial charge on any atom is -0.309 e. The van der Waals surface area contributed by atoms with Gasteiger partial charge in [-0.2, -0.15) is 0 Å². The quantitative estimate of drug-likeness (QED) is 0.147. The number of hydrogen-bond donors (Lipinski definition) is 0. The van der Waals surface area contributed by atoms with E-state index in [9.17, 15) is 0 Å². The Bertz CT molecular complexity index is 3630. The maximum absolute atomic E-state index is 2.54. The van der Waals surface area contributed by atoms with Crippen molar-refractivity contribution in [3.05, 3.63) is 306 Å². The van der Waals surface area contributed by atoms with E-state index in [0.717, 1.165) is 17.1 Å². The highest BCUT2D eigenvalue weighted by Crippen LogP contribution is 2.59. The fraction of sp³-hybridized carbons (Fsp3) is 0.0448. The Morgan fingerprint density at radius 3 is 1.41 bits per heavy atom. The molecule has 0 N–H and O–H groups in total. The molecule has 0 spiro atoms. The molecule has 0 fully saturated rings. The largest absolute Gasteiger partial charge is 0.309 e. The molecule has 320 valence electrons. The Morgan fingerprint density at radius 2 is 0.750 bits per heavy atom. The number of hydrogen-bond acceptors (Lipinski definition) is 1. The third-order valence-corrected chi connectivity index (χ3v) is 15.1. The molecule has 2 aliphatic rings. The van der Waals surface area contributed by atoms with Gasteiger partial charge in [0.15, 0.2) is 0 Å². The lowest BCUT2D eigenvalue weighted by Crippen LogP contribution is -2.28. The molecule has 1 heteroatoms. The van der Waals surface area contributed by atoms with E-state index in [1.807, 2.05) is 0 Å². The molecule has 0 amide bonds. The zero-order chi connectivity index (χ0) is 45.2. The van der Waals surface area contributed by atoms with Crippen molar-refractivity contribution in [3.8, 4) is 44.5 Å². The zero-order valence-corrected chi connectivity index (χ0v) is 37.9. The minimum absolute atomic E-state index is 0.357. The first-order valence-electron chi connectivity index (χ1n) is 23.8. The van der Waals surface area contributed by atoms with E-state index in [4.69, 9.17) is 0 Å². The van der Waals surface area contributed by atoms with Crippen LogP contribution in [0.3, 0.4) is 0 Å². The maximum atomic E-state index is 2.54. The van der Waals surface area contributed by atoms with Gasteiger partial charge in [0, 0.05) is 22.2 Å². The van der Waals surface area contributed by atoms with Crippen LogP contribution in [0, 0.1) is 0 Å². The molecule has 11 aromatic carbocycles. The van der Waals surface area contributed by atoms with Gasteiger partial charge in [0.05, 0.1) is 16.8 Å². The molecule has 1 nitrogen and oxygen atoms in total. The lowest BCUT2D eigenvalue weighted by atomic mass is 9.67. The summed E-state index contributed by atoms with van der Waals surface area (Å²) in [5.41, 5.74) is 21.4. The Morgan fingerprint density at radius 1 is 0.294 bits per heavy atom. The van der Waals surface area contributed by atoms with Crippen LogP contribution in [0.25, 0.3) is 55.3 Å². The molecule has 0 saturated carbocycles. The first kappa shape index (κ1) is 39.8. The van der Waals surface area contributed by atoms with Crippen molar-refractivity contribution in [2.45, 2.75) is 17.8 Å². The van der Waals surface area contributed by atoms with Gasteiger partial charge in [-0.15, -0.1) is 0 Å². The zero-order valence-electron chi connectivity index (χ0n) is 37.9. The average Bonchev–Trinajstić information content (AvgIpc) is 3.87. The van der Waals surface area contributed by atoms with Crippen LogP contribution in [0.4, 0.5) is 17.1 Å². The van der Waals surface area contributed by atoms with Crippen LogP contribution in [0.2, 0.25) is 0 Å². The molecule has 1 unspecified atom stereocenters. The second kappa shape index (κ2) is 15.8. The lowest BCUT2D eigenvalue weighted by Gasteiger charge is -2.35. The Labute approximate surface area is 398 Å². The fourth-order valence-electron chi connectivity index (χ4n) is 12.1. The van der Waals surface area contributed by atoms with Crippen LogP contribution in [0.5, 0.6) is 0 Å². The summed E-state index contributed by atoms with van der Waals surface area (Å²) in [6.45, 7) is 2.41. The molecule has 0 aromatic heterocycles. The van der Waals surface area contributed by atoms with E-state index >= 15 is 0 Å². The van der Waals surface area contributed by atoms with Gasteiger partial charge in [0.1, 0.15) is 0 Å². The van der Waals surface area contributed by atoms with Crippen LogP contribution in [-0.2, 0) is 10.8 Å². The van der Waals surface area contributed by atoms with E-state index in [0.29, 0.717) is 0 Å². The van der Waals surface area contributed by atoms with Gasteiger partial charge < -0.3 is 4.90 Å². The number of para-hydroxylation sites is 1. The van der Waals surface area contributed by atoms with Crippen molar-refractivity contribution < 1.29 is 0 Å². The second-order valence-electron chi connectivity index (χ2n) is 18.4. The highest BCUT2D eigenvalue weighted by atomic mass is 15.1. The van der Waals surface area contributed by atoms with Gasteiger partial charge >= 0.3 is 0 Å². The predicted molar refractivity (Wildman–Crippen MR) is 284 cm³/mol. The van der Waals surface area contributed by atoms with Crippen LogP contribution < -0.4 is 4.90 Å². The predicted octanol–water partition coefficient (Wildman–Crippen LogP) is 17.3. The molecule has 0 aliphatic heterocycles. The molecule has 11 aromatic rings. The molecule has 1 atom stereocenters. The van der Waals surface area contributed by atoms with Crippen LogP contribution in [0.15, 0.2) is 267 Å². The SMILES string of the molecule is CC1(c2ccccc2)c2ccccc2-c2c(N(c3ccc(C4(c5ccccc5)c5ccccc5-c5ccccc54)cc3)c3ccccc3-c3cccc4cccc(-c5ccccc5)c34)cccc21. The summed E-state index contributed by atoms with van der Waals surface area (Å²) in [4.78, 5) is 2.54. The summed E-state index contributed by atoms with van der Waals surface area (Å²) in [6.07, 6.45) is 0. The number of fused-ring (bicyclic) bond motifs is 7. The number of anilines is 3. The van der Waals surface area contributed by atoms with Crippen molar-refractivity contribution in [1.82, 2.24) is 0 Å². The summed E-state index contributed by atoms with van der Waals surface area (Å²) < 4.78 is 0. The molecule has 2 aliphatic carbocycles. The number of nitrogens with zero attached hydrogens (tertiary/aromatic N) is 1.